The van der Waals surface area contributed by atoms with Crippen LogP contribution in [0.3, 0.4) is 0 Å². The monoisotopic (exact) mass is 196 g/mol. The summed E-state index contributed by atoms with van der Waals surface area (Å²) in [5.74, 6) is -0.440. The smallest absolute Gasteiger partial charge is 0.316 e. The fourth-order valence-corrected chi connectivity index (χ4v) is 2.43. The number of hydrogen-bond donors (Lipinski definition) is 0. The second kappa shape index (κ2) is 4.11. The van der Waals surface area contributed by atoms with Gasteiger partial charge in [-0.2, -0.15) is 0 Å². The summed E-state index contributed by atoms with van der Waals surface area (Å²) in [5.41, 5.74) is 0. The van der Waals surface area contributed by atoms with Gasteiger partial charge in [0.1, 0.15) is 11.7 Å². The van der Waals surface area contributed by atoms with Gasteiger partial charge in [-0.05, 0) is 12.8 Å². The lowest BCUT2D eigenvalue weighted by Crippen LogP contribution is -2.28. The van der Waals surface area contributed by atoms with E-state index in [1.807, 2.05) is 0 Å². The molecule has 2 aliphatic rings. The van der Waals surface area contributed by atoms with E-state index < -0.39 is 5.92 Å². The van der Waals surface area contributed by atoms with Crippen LogP contribution in [-0.2, 0) is 14.3 Å². The molecule has 1 aliphatic carbocycles. The molecule has 1 saturated carbocycles. The molecule has 14 heavy (non-hydrogen) atoms. The maximum absolute atomic E-state index is 11.9. The van der Waals surface area contributed by atoms with Crippen LogP contribution >= 0.6 is 0 Å². The molecular formula is C11H16O3. The average Bonchev–Trinajstić information content (AvgIpc) is 2.65. The Labute approximate surface area is 83.8 Å². The number of hydrogen-bond acceptors (Lipinski definition) is 3. The molecule has 0 aromatic rings. The Hall–Kier alpha value is -0.860. The molecule has 0 spiro atoms. The Kier molecular flexibility index (Phi) is 2.85. The van der Waals surface area contributed by atoms with Gasteiger partial charge in [0.25, 0.3) is 0 Å². The normalized spacial score (nSPS) is 28.9. The molecule has 0 aromatic heterocycles. The number of ether oxygens (including phenoxy) is 1. The summed E-state index contributed by atoms with van der Waals surface area (Å²) in [4.78, 5) is 23.1. The lowest BCUT2D eigenvalue weighted by atomic mass is 9.81. The van der Waals surface area contributed by atoms with E-state index in [1.165, 1.54) is 6.42 Å². The number of carbonyl (C=O) groups excluding carboxylic acids is 2. The van der Waals surface area contributed by atoms with Crippen molar-refractivity contribution >= 4 is 11.8 Å². The zero-order valence-corrected chi connectivity index (χ0v) is 8.33. The van der Waals surface area contributed by atoms with Gasteiger partial charge in [0.05, 0.1) is 6.61 Å². The van der Waals surface area contributed by atoms with E-state index in [1.54, 1.807) is 0 Å². The van der Waals surface area contributed by atoms with Crippen molar-refractivity contribution in [3.63, 3.8) is 0 Å². The van der Waals surface area contributed by atoms with E-state index in [2.05, 4.69) is 0 Å². The van der Waals surface area contributed by atoms with Gasteiger partial charge in [0, 0.05) is 12.3 Å². The van der Waals surface area contributed by atoms with Crippen LogP contribution in [0.4, 0.5) is 0 Å². The topological polar surface area (TPSA) is 43.4 Å². The van der Waals surface area contributed by atoms with Gasteiger partial charge in [-0.3, -0.25) is 9.59 Å². The van der Waals surface area contributed by atoms with Crippen LogP contribution < -0.4 is 0 Å². The molecule has 0 N–H and O–H groups in total. The predicted molar refractivity (Wildman–Crippen MR) is 50.6 cm³/mol. The van der Waals surface area contributed by atoms with E-state index in [-0.39, 0.29) is 17.7 Å². The molecule has 1 saturated heterocycles. The van der Waals surface area contributed by atoms with E-state index in [4.69, 9.17) is 4.74 Å². The third-order valence-corrected chi connectivity index (χ3v) is 3.29. The Balaban J connectivity index is 1.96. The largest absolute Gasteiger partial charge is 0.465 e. The molecule has 0 radical (unpaired) electrons. The van der Waals surface area contributed by atoms with Crippen LogP contribution in [0.15, 0.2) is 0 Å². The minimum atomic E-state index is -0.432. The number of ketones is 1. The van der Waals surface area contributed by atoms with Crippen LogP contribution in [0.5, 0.6) is 0 Å². The Morgan fingerprint density at radius 3 is 2.43 bits per heavy atom. The molecule has 1 unspecified atom stereocenters. The molecule has 0 amide bonds. The highest BCUT2D eigenvalue weighted by Gasteiger charge is 2.37. The van der Waals surface area contributed by atoms with Gasteiger partial charge in [-0.1, -0.05) is 19.3 Å². The number of esters is 1. The minimum Gasteiger partial charge on any atom is -0.465 e. The van der Waals surface area contributed by atoms with E-state index in [0.717, 1.165) is 25.7 Å². The second-order valence-electron chi connectivity index (χ2n) is 4.25. The van der Waals surface area contributed by atoms with Gasteiger partial charge >= 0.3 is 5.97 Å². The van der Waals surface area contributed by atoms with Crippen molar-refractivity contribution in [1.82, 2.24) is 0 Å². The van der Waals surface area contributed by atoms with E-state index in [9.17, 15) is 9.59 Å². The molecule has 0 aromatic carbocycles. The molecule has 2 rings (SSSR count). The van der Waals surface area contributed by atoms with Gasteiger partial charge in [-0.15, -0.1) is 0 Å². The number of cyclic esters (lactones) is 1. The van der Waals surface area contributed by atoms with Gasteiger partial charge in [0.2, 0.25) is 0 Å². The zero-order valence-electron chi connectivity index (χ0n) is 8.33. The number of carbonyl (C=O) groups is 2. The molecule has 78 valence electrons. The number of Topliss-reactive ketones (excluding diaryl/α,β-unsaturated/α-hetero) is 1. The van der Waals surface area contributed by atoms with Crippen molar-refractivity contribution in [3.8, 4) is 0 Å². The summed E-state index contributed by atoms with van der Waals surface area (Å²) < 4.78 is 4.82. The van der Waals surface area contributed by atoms with Gasteiger partial charge in [0.15, 0.2) is 0 Å². The van der Waals surface area contributed by atoms with Gasteiger partial charge in [-0.25, -0.2) is 0 Å². The standard InChI is InChI=1S/C11H16O3/c12-10(8-4-2-1-3-5-8)9-6-7-14-11(9)13/h8-9H,1-7H2. The fraction of sp³-hybridized carbons (Fsp3) is 0.818. The summed E-state index contributed by atoms with van der Waals surface area (Å²) in [6.45, 7) is 0.432. The van der Waals surface area contributed by atoms with Crippen LogP contribution in [-0.4, -0.2) is 18.4 Å². The fourth-order valence-electron chi connectivity index (χ4n) is 2.43. The minimum absolute atomic E-state index is 0.138. The molecule has 1 atom stereocenters. The third-order valence-electron chi connectivity index (χ3n) is 3.29. The lowest BCUT2D eigenvalue weighted by Gasteiger charge is -2.21. The molecule has 3 heteroatoms. The first-order chi connectivity index (χ1) is 6.79. The van der Waals surface area contributed by atoms with Crippen LogP contribution in [0, 0.1) is 11.8 Å². The maximum Gasteiger partial charge on any atom is 0.316 e. The van der Waals surface area contributed by atoms with Crippen molar-refractivity contribution in [3.05, 3.63) is 0 Å². The van der Waals surface area contributed by atoms with Gasteiger partial charge < -0.3 is 4.74 Å². The molecule has 2 fully saturated rings. The van der Waals surface area contributed by atoms with Crippen molar-refractivity contribution < 1.29 is 14.3 Å². The summed E-state index contributed by atoms with van der Waals surface area (Å²) in [5, 5.41) is 0. The first-order valence-corrected chi connectivity index (χ1v) is 5.49. The average molecular weight is 196 g/mol. The van der Waals surface area contributed by atoms with Crippen molar-refractivity contribution in [2.75, 3.05) is 6.61 Å². The highest BCUT2D eigenvalue weighted by atomic mass is 16.5. The highest BCUT2D eigenvalue weighted by molar-refractivity contribution is 6.01. The van der Waals surface area contributed by atoms with E-state index in [0.29, 0.717) is 13.0 Å². The third kappa shape index (κ3) is 1.81. The van der Waals surface area contributed by atoms with Crippen molar-refractivity contribution in [1.29, 1.82) is 0 Å². The summed E-state index contributed by atoms with van der Waals surface area (Å²) in [7, 11) is 0. The molecule has 0 bridgehead atoms. The Morgan fingerprint density at radius 2 is 1.86 bits per heavy atom. The molecule has 1 aliphatic heterocycles. The Morgan fingerprint density at radius 1 is 1.14 bits per heavy atom. The number of rotatable bonds is 2. The first kappa shape index (κ1) is 9.69. The molecule has 1 heterocycles. The quantitative estimate of drug-likeness (QED) is 0.498. The highest BCUT2D eigenvalue weighted by Crippen LogP contribution is 2.29. The Bertz CT molecular complexity index is 241. The summed E-state index contributed by atoms with van der Waals surface area (Å²) in [6, 6.07) is 0. The first-order valence-electron chi connectivity index (χ1n) is 5.49. The van der Waals surface area contributed by atoms with E-state index >= 15 is 0 Å². The van der Waals surface area contributed by atoms with Crippen LogP contribution in [0.2, 0.25) is 0 Å². The van der Waals surface area contributed by atoms with Crippen molar-refractivity contribution in [2.24, 2.45) is 11.8 Å². The SMILES string of the molecule is O=C1OCCC1C(=O)C1CCCCC1. The van der Waals surface area contributed by atoms with Crippen LogP contribution in [0.25, 0.3) is 0 Å². The second-order valence-corrected chi connectivity index (χ2v) is 4.25. The molecular weight excluding hydrogens is 180 g/mol. The van der Waals surface area contributed by atoms with Crippen LogP contribution in [0.1, 0.15) is 38.5 Å². The molecule has 3 nitrogen and oxygen atoms in total. The predicted octanol–water partition coefficient (Wildman–Crippen LogP) is 1.70. The maximum atomic E-state index is 11.9. The zero-order chi connectivity index (χ0) is 9.97. The summed E-state index contributed by atoms with van der Waals surface area (Å²) in [6.07, 6.45) is 6.06. The lowest BCUT2D eigenvalue weighted by molar-refractivity contribution is -0.145. The summed E-state index contributed by atoms with van der Waals surface area (Å²) >= 11 is 0. The van der Waals surface area contributed by atoms with Crippen molar-refractivity contribution in [2.45, 2.75) is 38.5 Å².